The second-order valence-corrected chi connectivity index (χ2v) is 6.53. The third kappa shape index (κ3) is 2.41. The number of carboxylic acids is 1. The summed E-state index contributed by atoms with van der Waals surface area (Å²) in [7, 11) is -3.62. The zero-order valence-electron chi connectivity index (χ0n) is 10.5. The lowest BCUT2D eigenvalue weighted by Crippen LogP contribution is -2.08. The molecule has 1 N–H and O–H groups in total. The van der Waals surface area contributed by atoms with Crippen molar-refractivity contribution in [3.63, 3.8) is 0 Å². The molecule has 0 bridgehead atoms. The van der Waals surface area contributed by atoms with Crippen LogP contribution in [0.25, 0.3) is 11.3 Å². The van der Waals surface area contributed by atoms with Crippen LogP contribution in [0.3, 0.4) is 0 Å². The Balaban J connectivity index is 2.97. The van der Waals surface area contributed by atoms with Crippen LogP contribution in [0.4, 0.5) is 0 Å². The summed E-state index contributed by atoms with van der Waals surface area (Å²) in [5.41, 5.74) is 0.104. The SMILES string of the molecule is Cc1cc(C(=O)O)c(Cl)c(-c2cnco2)c1S(C)(=O)=O. The molecular weight excluding hydrogens is 306 g/mol. The minimum Gasteiger partial charge on any atom is -0.478 e. The highest BCUT2D eigenvalue weighted by Crippen LogP contribution is 2.38. The van der Waals surface area contributed by atoms with Crippen molar-refractivity contribution < 1.29 is 22.7 Å². The predicted octanol–water partition coefficient (Wildman–Crippen LogP) is 2.41. The Hall–Kier alpha value is -1.86. The lowest BCUT2D eigenvalue weighted by atomic mass is 10.0. The van der Waals surface area contributed by atoms with Crippen LogP contribution < -0.4 is 0 Å². The van der Waals surface area contributed by atoms with E-state index in [-0.39, 0.29) is 32.4 Å². The summed E-state index contributed by atoms with van der Waals surface area (Å²) in [5.74, 6) is -1.15. The first-order valence-electron chi connectivity index (χ1n) is 5.38. The number of halogens is 1. The fraction of sp³-hybridized carbons (Fsp3) is 0.167. The van der Waals surface area contributed by atoms with Gasteiger partial charge in [0.2, 0.25) is 0 Å². The van der Waals surface area contributed by atoms with E-state index in [1.807, 2.05) is 0 Å². The van der Waals surface area contributed by atoms with Crippen LogP contribution in [-0.2, 0) is 9.84 Å². The lowest BCUT2D eigenvalue weighted by molar-refractivity contribution is 0.0697. The molecule has 0 saturated heterocycles. The van der Waals surface area contributed by atoms with E-state index in [9.17, 15) is 13.2 Å². The molecule has 0 atom stereocenters. The average Bonchev–Trinajstić information content (AvgIpc) is 2.82. The highest BCUT2D eigenvalue weighted by molar-refractivity contribution is 7.91. The Kier molecular flexibility index (Phi) is 3.58. The van der Waals surface area contributed by atoms with Gasteiger partial charge in [-0.3, -0.25) is 0 Å². The first kappa shape index (κ1) is 14.5. The van der Waals surface area contributed by atoms with Crippen molar-refractivity contribution in [2.75, 3.05) is 6.26 Å². The van der Waals surface area contributed by atoms with Gasteiger partial charge in [-0.2, -0.15) is 0 Å². The maximum atomic E-state index is 11.9. The summed E-state index contributed by atoms with van der Waals surface area (Å²) < 4.78 is 28.9. The smallest absolute Gasteiger partial charge is 0.337 e. The Bertz CT molecular complexity index is 781. The third-order valence-electron chi connectivity index (χ3n) is 2.68. The fourth-order valence-electron chi connectivity index (χ4n) is 1.97. The zero-order valence-corrected chi connectivity index (χ0v) is 12.1. The van der Waals surface area contributed by atoms with Gasteiger partial charge in [-0.1, -0.05) is 11.6 Å². The van der Waals surface area contributed by atoms with Gasteiger partial charge in [0.05, 0.1) is 27.2 Å². The first-order valence-corrected chi connectivity index (χ1v) is 7.65. The van der Waals surface area contributed by atoms with Crippen LogP contribution in [0, 0.1) is 6.92 Å². The van der Waals surface area contributed by atoms with E-state index >= 15 is 0 Å². The number of sulfone groups is 1. The van der Waals surface area contributed by atoms with Gasteiger partial charge < -0.3 is 9.52 Å². The molecule has 0 spiro atoms. The van der Waals surface area contributed by atoms with Gasteiger partial charge in [-0.25, -0.2) is 18.2 Å². The Morgan fingerprint density at radius 3 is 2.55 bits per heavy atom. The molecule has 0 radical (unpaired) electrons. The van der Waals surface area contributed by atoms with E-state index in [2.05, 4.69) is 4.98 Å². The fourth-order valence-corrected chi connectivity index (χ4v) is 3.57. The molecule has 0 fully saturated rings. The van der Waals surface area contributed by atoms with E-state index in [0.717, 1.165) is 12.6 Å². The Morgan fingerprint density at radius 2 is 2.10 bits per heavy atom. The van der Waals surface area contributed by atoms with Gasteiger partial charge in [-0.05, 0) is 18.6 Å². The highest BCUT2D eigenvalue weighted by atomic mass is 35.5. The Labute approximate surface area is 119 Å². The number of aromatic nitrogens is 1. The van der Waals surface area contributed by atoms with Gasteiger partial charge >= 0.3 is 5.97 Å². The molecule has 0 saturated carbocycles. The molecule has 1 heterocycles. The highest BCUT2D eigenvalue weighted by Gasteiger charge is 2.26. The first-order chi connectivity index (χ1) is 9.23. The molecule has 0 unspecified atom stereocenters. The standard InChI is InChI=1S/C12H10ClNO5S/c1-6-3-7(12(15)16)10(13)9(8-4-14-5-19-8)11(6)20(2,17)18/h3-5H,1-2H3,(H,15,16). The molecule has 2 aromatic rings. The van der Waals surface area contributed by atoms with Crippen molar-refractivity contribution in [1.82, 2.24) is 4.98 Å². The Morgan fingerprint density at radius 1 is 1.45 bits per heavy atom. The number of aryl methyl sites for hydroxylation is 1. The second-order valence-electron chi connectivity index (χ2n) is 4.20. The van der Waals surface area contributed by atoms with Gasteiger partial charge in [-0.15, -0.1) is 0 Å². The number of carboxylic acid groups (broad SMARTS) is 1. The van der Waals surface area contributed by atoms with Crippen LogP contribution in [0.15, 0.2) is 28.0 Å². The van der Waals surface area contributed by atoms with Crippen molar-refractivity contribution in [3.8, 4) is 11.3 Å². The molecule has 1 aromatic heterocycles. The molecule has 0 amide bonds. The molecular formula is C12H10ClNO5S. The summed E-state index contributed by atoms with van der Waals surface area (Å²) >= 11 is 6.05. The largest absolute Gasteiger partial charge is 0.478 e. The number of benzene rings is 1. The number of hydrogen-bond donors (Lipinski definition) is 1. The summed E-state index contributed by atoms with van der Waals surface area (Å²) in [6, 6.07) is 1.22. The summed E-state index contributed by atoms with van der Waals surface area (Å²) in [6.07, 6.45) is 3.41. The molecule has 2 rings (SSSR count). The molecule has 6 nitrogen and oxygen atoms in total. The number of carbonyl (C=O) groups is 1. The number of hydrogen-bond acceptors (Lipinski definition) is 5. The van der Waals surface area contributed by atoms with Crippen molar-refractivity contribution in [3.05, 3.63) is 34.8 Å². The molecule has 0 aliphatic heterocycles. The lowest BCUT2D eigenvalue weighted by Gasteiger charge is -2.13. The van der Waals surface area contributed by atoms with Gasteiger partial charge in [0.1, 0.15) is 0 Å². The monoisotopic (exact) mass is 315 g/mol. The number of rotatable bonds is 3. The van der Waals surface area contributed by atoms with Crippen LogP contribution in [0.1, 0.15) is 15.9 Å². The van der Waals surface area contributed by atoms with E-state index in [0.29, 0.717) is 0 Å². The number of oxazole rings is 1. The maximum absolute atomic E-state index is 11.9. The summed E-state index contributed by atoms with van der Waals surface area (Å²) in [6.45, 7) is 1.50. The minimum absolute atomic E-state index is 0.0177. The maximum Gasteiger partial charge on any atom is 0.337 e. The van der Waals surface area contributed by atoms with Crippen molar-refractivity contribution in [2.24, 2.45) is 0 Å². The van der Waals surface area contributed by atoms with Crippen LogP contribution in [0.2, 0.25) is 5.02 Å². The quantitative estimate of drug-likeness (QED) is 0.934. The summed E-state index contributed by atoms with van der Waals surface area (Å²) in [5, 5.41) is 8.93. The van der Waals surface area contributed by atoms with E-state index < -0.39 is 15.8 Å². The molecule has 106 valence electrons. The summed E-state index contributed by atoms with van der Waals surface area (Å²) in [4.78, 5) is 14.8. The van der Waals surface area contributed by atoms with Crippen LogP contribution in [0.5, 0.6) is 0 Å². The molecule has 0 aliphatic rings. The molecule has 0 aliphatic carbocycles. The van der Waals surface area contributed by atoms with E-state index in [1.165, 1.54) is 19.2 Å². The van der Waals surface area contributed by atoms with E-state index in [4.69, 9.17) is 21.1 Å². The van der Waals surface area contributed by atoms with Crippen LogP contribution in [-0.4, -0.2) is 30.7 Å². The predicted molar refractivity (Wildman–Crippen MR) is 71.8 cm³/mol. The number of aromatic carboxylic acids is 1. The van der Waals surface area contributed by atoms with E-state index in [1.54, 1.807) is 0 Å². The minimum atomic E-state index is -3.62. The molecule has 1 aromatic carbocycles. The average molecular weight is 316 g/mol. The molecule has 20 heavy (non-hydrogen) atoms. The second kappa shape index (κ2) is 4.92. The van der Waals surface area contributed by atoms with Crippen LogP contribution >= 0.6 is 11.6 Å². The van der Waals surface area contributed by atoms with Gasteiger partial charge in [0, 0.05) is 6.26 Å². The topological polar surface area (TPSA) is 97.5 Å². The zero-order chi connectivity index (χ0) is 15.1. The van der Waals surface area contributed by atoms with Gasteiger partial charge in [0.25, 0.3) is 0 Å². The normalized spacial score (nSPS) is 11.6. The van der Waals surface area contributed by atoms with Gasteiger partial charge in [0.15, 0.2) is 22.0 Å². The molecule has 8 heteroatoms. The third-order valence-corrected chi connectivity index (χ3v) is 4.34. The van der Waals surface area contributed by atoms with Crippen molar-refractivity contribution >= 4 is 27.4 Å². The van der Waals surface area contributed by atoms with Crippen molar-refractivity contribution in [2.45, 2.75) is 11.8 Å². The number of nitrogens with zero attached hydrogens (tertiary/aromatic N) is 1. The van der Waals surface area contributed by atoms with Crippen molar-refractivity contribution in [1.29, 1.82) is 0 Å².